The van der Waals surface area contributed by atoms with Gasteiger partial charge in [0.2, 0.25) is 0 Å². The lowest BCUT2D eigenvalue weighted by molar-refractivity contribution is 0.150. The Hall–Kier alpha value is -0.900. The number of aryl methyl sites for hydroxylation is 1. The van der Waals surface area contributed by atoms with E-state index in [0.29, 0.717) is 0 Å². The molecule has 2 heterocycles. The number of aromatic nitrogens is 3. The minimum absolute atomic E-state index is 0.831. The van der Waals surface area contributed by atoms with E-state index in [-0.39, 0.29) is 0 Å². The van der Waals surface area contributed by atoms with Gasteiger partial charge in [0.15, 0.2) is 0 Å². The molecule has 1 saturated heterocycles. The topological polar surface area (TPSA) is 34.0 Å². The molecule has 20 heavy (non-hydrogen) atoms. The summed E-state index contributed by atoms with van der Waals surface area (Å²) in [5.74, 6) is 1.75. The van der Waals surface area contributed by atoms with Gasteiger partial charge in [-0.15, -0.1) is 5.10 Å². The van der Waals surface area contributed by atoms with E-state index in [1.54, 1.807) is 0 Å². The SMILES string of the molecule is CC.CCCn1cc(CN2CCC(C(C)C)CC2)nn1. The lowest BCUT2D eigenvalue weighted by atomic mass is 9.87. The maximum absolute atomic E-state index is 4.25. The first kappa shape index (κ1) is 17.2. The third-order valence-corrected chi connectivity index (χ3v) is 4.00. The molecular formula is C16H32N4. The number of piperidine rings is 1. The van der Waals surface area contributed by atoms with Gasteiger partial charge in [-0.2, -0.15) is 0 Å². The van der Waals surface area contributed by atoms with Crippen LogP contribution in [0.2, 0.25) is 0 Å². The van der Waals surface area contributed by atoms with Crippen LogP contribution < -0.4 is 0 Å². The Morgan fingerprint density at radius 3 is 2.45 bits per heavy atom. The molecule has 1 fully saturated rings. The summed E-state index contributed by atoms with van der Waals surface area (Å²) >= 11 is 0. The Morgan fingerprint density at radius 1 is 1.25 bits per heavy atom. The summed E-state index contributed by atoms with van der Waals surface area (Å²) in [5.41, 5.74) is 1.12. The van der Waals surface area contributed by atoms with E-state index < -0.39 is 0 Å². The minimum Gasteiger partial charge on any atom is -0.297 e. The molecule has 4 heteroatoms. The van der Waals surface area contributed by atoms with Crippen molar-refractivity contribution in [2.24, 2.45) is 11.8 Å². The molecule has 0 aromatic carbocycles. The van der Waals surface area contributed by atoms with Crippen molar-refractivity contribution in [1.82, 2.24) is 19.9 Å². The van der Waals surface area contributed by atoms with Crippen LogP contribution in [0.5, 0.6) is 0 Å². The monoisotopic (exact) mass is 280 g/mol. The molecule has 0 amide bonds. The standard InChI is InChI=1S/C14H26N4.C2H6/c1-4-7-18-11-14(15-16-18)10-17-8-5-13(6-9-17)12(2)3;1-2/h11-13H,4-10H2,1-3H3;1-2H3. The number of nitrogens with zero attached hydrogens (tertiary/aromatic N) is 4. The number of rotatable bonds is 5. The highest BCUT2D eigenvalue weighted by Crippen LogP contribution is 2.24. The molecule has 1 aromatic rings. The molecular weight excluding hydrogens is 248 g/mol. The van der Waals surface area contributed by atoms with Gasteiger partial charge < -0.3 is 0 Å². The number of hydrogen-bond donors (Lipinski definition) is 0. The van der Waals surface area contributed by atoms with E-state index in [9.17, 15) is 0 Å². The molecule has 2 rings (SSSR count). The highest BCUT2D eigenvalue weighted by Gasteiger charge is 2.21. The average molecular weight is 280 g/mol. The van der Waals surface area contributed by atoms with Crippen LogP contribution in [-0.4, -0.2) is 33.0 Å². The predicted octanol–water partition coefficient (Wildman–Crippen LogP) is 3.58. The van der Waals surface area contributed by atoms with Crippen LogP contribution >= 0.6 is 0 Å². The first-order valence-electron chi connectivity index (χ1n) is 8.30. The van der Waals surface area contributed by atoms with Crippen LogP contribution in [-0.2, 0) is 13.1 Å². The minimum atomic E-state index is 0.831. The second-order valence-electron chi connectivity index (χ2n) is 5.83. The zero-order chi connectivity index (χ0) is 15.0. The van der Waals surface area contributed by atoms with Gasteiger partial charge in [0.1, 0.15) is 0 Å². The maximum Gasteiger partial charge on any atom is 0.0967 e. The maximum atomic E-state index is 4.25. The molecule has 0 unspecified atom stereocenters. The van der Waals surface area contributed by atoms with E-state index in [1.165, 1.54) is 25.9 Å². The fourth-order valence-electron chi connectivity index (χ4n) is 2.76. The molecule has 1 aliphatic rings. The predicted molar refractivity (Wildman–Crippen MR) is 84.5 cm³/mol. The molecule has 0 bridgehead atoms. The van der Waals surface area contributed by atoms with Crippen molar-refractivity contribution in [3.63, 3.8) is 0 Å². The summed E-state index contributed by atoms with van der Waals surface area (Å²) in [6, 6.07) is 0. The highest BCUT2D eigenvalue weighted by atomic mass is 15.4. The van der Waals surface area contributed by atoms with Crippen LogP contribution in [0.3, 0.4) is 0 Å². The fraction of sp³-hybridized carbons (Fsp3) is 0.875. The van der Waals surface area contributed by atoms with E-state index in [4.69, 9.17) is 0 Å². The van der Waals surface area contributed by atoms with Crippen LogP contribution in [0.15, 0.2) is 6.20 Å². The van der Waals surface area contributed by atoms with Gasteiger partial charge in [-0.25, -0.2) is 0 Å². The van der Waals surface area contributed by atoms with Gasteiger partial charge in [-0.3, -0.25) is 9.58 Å². The summed E-state index contributed by atoms with van der Waals surface area (Å²) in [6.45, 7) is 15.2. The van der Waals surface area contributed by atoms with Crippen molar-refractivity contribution in [3.05, 3.63) is 11.9 Å². The summed E-state index contributed by atoms with van der Waals surface area (Å²) in [4.78, 5) is 2.51. The third-order valence-electron chi connectivity index (χ3n) is 4.00. The van der Waals surface area contributed by atoms with E-state index in [1.807, 2.05) is 18.5 Å². The quantitative estimate of drug-likeness (QED) is 0.826. The van der Waals surface area contributed by atoms with Crippen molar-refractivity contribution in [2.75, 3.05) is 13.1 Å². The van der Waals surface area contributed by atoms with Crippen LogP contribution in [0.25, 0.3) is 0 Å². The average Bonchev–Trinajstić information content (AvgIpc) is 2.89. The van der Waals surface area contributed by atoms with Crippen LogP contribution in [0.1, 0.15) is 59.6 Å². The van der Waals surface area contributed by atoms with Gasteiger partial charge in [0, 0.05) is 19.3 Å². The lowest BCUT2D eigenvalue weighted by Gasteiger charge is -2.33. The Labute approximate surface area is 124 Å². The fourth-order valence-corrected chi connectivity index (χ4v) is 2.76. The molecule has 0 atom stereocenters. The van der Waals surface area contributed by atoms with Gasteiger partial charge in [0.05, 0.1) is 5.69 Å². The largest absolute Gasteiger partial charge is 0.297 e. The second kappa shape index (κ2) is 9.11. The van der Waals surface area contributed by atoms with E-state index in [0.717, 1.165) is 37.0 Å². The zero-order valence-electron chi connectivity index (χ0n) is 14.0. The first-order chi connectivity index (χ1) is 9.69. The second-order valence-corrected chi connectivity index (χ2v) is 5.83. The van der Waals surface area contributed by atoms with Crippen molar-refractivity contribution in [3.8, 4) is 0 Å². The first-order valence-corrected chi connectivity index (χ1v) is 8.30. The Kier molecular flexibility index (Phi) is 7.82. The highest BCUT2D eigenvalue weighted by molar-refractivity contribution is 4.93. The Balaban J connectivity index is 0.000000956. The van der Waals surface area contributed by atoms with E-state index >= 15 is 0 Å². The Bertz CT molecular complexity index is 351. The van der Waals surface area contributed by atoms with E-state index in [2.05, 4.69) is 42.2 Å². The smallest absolute Gasteiger partial charge is 0.0967 e. The van der Waals surface area contributed by atoms with Crippen molar-refractivity contribution in [1.29, 1.82) is 0 Å². The molecule has 4 nitrogen and oxygen atoms in total. The van der Waals surface area contributed by atoms with Gasteiger partial charge in [-0.05, 0) is 44.2 Å². The molecule has 0 spiro atoms. The molecule has 0 radical (unpaired) electrons. The lowest BCUT2D eigenvalue weighted by Crippen LogP contribution is -2.34. The summed E-state index contributed by atoms with van der Waals surface area (Å²) in [6.07, 6.45) is 5.88. The van der Waals surface area contributed by atoms with Crippen molar-refractivity contribution < 1.29 is 0 Å². The number of likely N-dealkylation sites (tertiary alicyclic amines) is 1. The number of hydrogen-bond acceptors (Lipinski definition) is 3. The van der Waals surface area contributed by atoms with Gasteiger partial charge in [0.25, 0.3) is 0 Å². The third kappa shape index (κ3) is 5.23. The molecule has 0 aliphatic carbocycles. The normalized spacial score (nSPS) is 17.1. The van der Waals surface area contributed by atoms with Crippen molar-refractivity contribution >= 4 is 0 Å². The molecule has 0 N–H and O–H groups in total. The Morgan fingerprint density at radius 2 is 1.90 bits per heavy atom. The van der Waals surface area contributed by atoms with Crippen molar-refractivity contribution in [2.45, 2.75) is 67.0 Å². The van der Waals surface area contributed by atoms with Gasteiger partial charge >= 0.3 is 0 Å². The molecule has 0 saturated carbocycles. The van der Waals surface area contributed by atoms with Crippen LogP contribution in [0.4, 0.5) is 0 Å². The summed E-state index contributed by atoms with van der Waals surface area (Å²) in [5, 5.41) is 8.41. The summed E-state index contributed by atoms with van der Waals surface area (Å²) < 4.78 is 1.95. The molecule has 116 valence electrons. The van der Waals surface area contributed by atoms with Gasteiger partial charge in [-0.1, -0.05) is 39.8 Å². The molecule has 1 aromatic heterocycles. The zero-order valence-corrected chi connectivity index (χ0v) is 14.0. The summed E-state index contributed by atoms with van der Waals surface area (Å²) in [7, 11) is 0. The molecule has 1 aliphatic heterocycles. The van der Waals surface area contributed by atoms with Crippen LogP contribution in [0, 0.1) is 11.8 Å².